The second kappa shape index (κ2) is 6.48. The van der Waals surface area contributed by atoms with Gasteiger partial charge in [-0.25, -0.2) is 8.78 Å². The molecule has 4 nitrogen and oxygen atoms in total. The van der Waals surface area contributed by atoms with E-state index in [4.69, 9.17) is 4.74 Å². The van der Waals surface area contributed by atoms with Crippen molar-refractivity contribution in [2.75, 3.05) is 6.61 Å². The summed E-state index contributed by atoms with van der Waals surface area (Å²) in [5.74, 6) is -2.46. The van der Waals surface area contributed by atoms with Crippen LogP contribution in [0.25, 0.3) is 0 Å². The van der Waals surface area contributed by atoms with Gasteiger partial charge in [0.25, 0.3) is 5.91 Å². The number of carbonyl (C=O) groups excluding carboxylic acids is 1. The molecule has 0 radical (unpaired) electrons. The zero-order valence-electron chi connectivity index (χ0n) is 16.9. The van der Waals surface area contributed by atoms with Crippen molar-refractivity contribution < 1.29 is 23.4 Å². The van der Waals surface area contributed by atoms with E-state index in [1.54, 1.807) is 24.3 Å². The normalized spacial score (nSPS) is 36.3. The Bertz CT molecular complexity index is 795. The molecule has 1 aromatic carbocycles. The highest BCUT2D eigenvalue weighted by molar-refractivity contribution is 5.95. The van der Waals surface area contributed by atoms with Crippen LogP contribution in [-0.4, -0.2) is 46.1 Å². The summed E-state index contributed by atoms with van der Waals surface area (Å²) >= 11 is 0. The Balaban J connectivity index is 1.30. The molecule has 1 aromatic rings. The molecule has 4 fully saturated rings. The van der Waals surface area contributed by atoms with Crippen molar-refractivity contribution in [1.29, 1.82) is 0 Å². The number of alkyl halides is 2. The first-order chi connectivity index (χ1) is 13.7. The van der Waals surface area contributed by atoms with Gasteiger partial charge in [0.05, 0.1) is 5.60 Å². The average Bonchev–Trinajstić information content (AvgIpc) is 3.61. The van der Waals surface area contributed by atoms with E-state index in [2.05, 4.69) is 0 Å². The number of amides is 1. The van der Waals surface area contributed by atoms with Crippen molar-refractivity contribution in [3.8, 4) is 0 Å². The molecule has 0 spiro atoms. The number of benzene rings is 1. The molecule has 1 atom stereocenters. The molecule has 158 valence electrons. The summed E-state index contributed by atoms with van der Waals surface area (Å²) in [5, 5.41) is 10.8. The average molecular weight is 405 g/mol. The standard InChI is InChI=1S/C23H29F2NO3/c1-21(23(24,25)14-29-21)16-4-2-15(3-5-16)20(27)26(18-8-9-18)19-10-12-22(28,13-11-19)17-6-7-17/h2-5,17-19,28H,6-14H2,1H3/t19?,21-,22?/m0/s1. The van der Waals surface area contributed by atoms with Crippen LogP contribution in [0.4, 0.5) is 8.78 Å². The number of hydrogen-bond acceptors (Lipinski definition) is 3. The largest absolute Gasteiger partial charge is 0.390 e. The van der Waals surface area contributed by atoms with E-state index in [1.165, 1.54) is 6.92 Å². The molecule has 3 aliphatic carbocycles. The van der Waals surface area contributed by atoms with Gasteiger partial charge in [-0.3, -0.25) is 4.79 Å². The van der Waals surface area contributed by atoms with Crippen molar-refractivity contribution in [2.24, 2.45) is 5.92 Å². The third-order valence-corrected chi connectivity index (χ3v) is 7.65. The molecule has 0 bridgehead atoms. The Morgan fingerprint density at radius 3 is 2.07 bits per heavy atom. The monoisotopic (exact) mass is 405 g/mol. The summed E-state index contributed by atoms with van der Waals surface area (Å²) in [7, 11) is 0. The minimum Gasteiger partial charge on any atom is -0.390 e. The second-order valence-electron chi connectivity index (χ2n) is 9.66. The van der Waals surface area contributed by atoms with Crippen molar-refractivity contribution in [2.45, 2.75) is 87.5 Å². The third kappa shape index (κ3) is 3.19. The molecule has 4 aliphatic rings. The Kier molecular flexibility index (Phi) is 4.34. The van der Waals surface area contributed by atoms with E-state index in [0.29, 0.717) is 17.0 Å². The van der Waals surface area contributed by atoms with Crippen LogP contribution >= 0.6 is 0 Å². The molecule has 1 saturated heterocycles. The summed E-state index contributed by atoms with van der Waals surface area (Å²) in [6, 6.07) is 6.93. The molecule has 1 aliphatic heterocycles. The topological polar surface area (TPSA) is 49.8 Å². The lowest BCUT2D eigenvalue weighted by atomic mass is 9.78. The summed E-state index contributed by atoms with van der Waals surface area (Å²) < 4.78 is 33.0. The van der Waals surface area contributed by atoms with Gasteiger partial charge in [-0.1, -0.05) is 12.1 Å². The van der Waals surface area contributed by atoms with Crippen molar-refractivity contribution in [3.63, 3.8) is 0 Å². The van der Waals surface area contributed by atoms with E-state index in [-0.39, 0.29) is 18.0 Å². The van der Waals surface area contributed by atoms with E-state index in [1.807, 2.05) is 4.90 Å². The van der Waals surface area contributed by atoms with Gasteiger partial charge in [-0.2, -0.15) is 0 Å². The summed E-state index contributed by atoms with van der Waals surface area (Å²) in [5.41, 5.74) is -1.20. The fraction of sp³-hybridized carbons (Fsp3) is 0.696. The number of carbonyl (C=O) groups is 1. The maximum Gasteiger partial charge on any atom is 0.303 e. The SMILES string of the molecule is C[C@@]1(c2ccc(C(=O)N(C3CC3)C3CCC(O)(C4CC4)CC3)cc2)OCC1(F)F. The van der Waals surface area contributed by atoms with Crippen molar-refractivity contribution in [1.82, 2.24) is 4.90 Å². The Labute approximate surface area is 170 Å². The molecule has 29 heavy (non-hydrogen) atoms. The lowest BCUT2D eigenvalue weighted by Crippen LogP contribution is -2.59. The summed E-state index contributed by atoms with van der Waals surface area (Å²) in [6.07, 6.45) is 7.50. The van der Waals surface area contributed by atoms with Gasteiger partial charge in [0.2, 0.25) is 0 Å². The molecule has 6 heteroatoms. The van der Waals surface area contributed by atoms with Crippen LogP contribution in [0.2, 0.25) is 0 Å². The lowest BCUT2D eigenvalue weighted by Gasteiger charge is -2.46. The predicted molar refractivity (Wildman–Crippen MR) is 104 cm³/mol. The zero-order chi connectivity index (χ0) is 20.4. The van der Waals surface area contributed by atoms with Gasteiger partial charge in [0.15, 0.2) is 5.60 Å². The van der Waals surface area contributed by atoms with Crippen LogP contribution < -0.4 is 0 Å². The van der Waals surface area contributed by atoms with Gasteiger partial charge in [-0.05, 0) is 81.9 Å². The number of halogens is 2. The van der Waals surface area contributed by atoms with Crippen LogP contribution in [0, 0.1) is 5.92 Å². The van der Waals surface area contributed by atoms with E-state index >= 15 is 0 Å². The molecular weight excluding hydrogens is 376 g/mol. The lowest BCUT2D eigenvalue weighted by molar-refractivity contribution is -0.329. The highest BCUT2D eigenvalue weighted by Crippen LogP contribution is 2.50. The molecule has 0 unspecified atom stereocenters. The third-order valence-electron chi connectivity index (χ3n) is 7.65. The van der Waals surface area contributed by atoms with Gasteiger partial charge >= 0.3 is 5.92 Å². The molecule has 0 aromatic heterocycles. The number of ether oxygens (including phenoxy) is 1. The Hall–Kier alpha value is -1.53. The zero-order valence-corrected chi connectivity index (χ0v) is 16.9. The fourth-order valence-electron chi connectivity index (χ4n) is 5.16. The molecule has 5 rings (SSSR count). The first kappa shape index (κ1) is 19.4. The molecule has 1 amide bonds. The first-order valence-corrected chi connectivity index (χ1v) is 10.9. The minimum atomic E-state index is -2.89. The fourth-order valence-corrected chi connectivity index (χ4v) is 5.16. The number of rotatable bonds is 5. The first-order valence-electron chi connectivity index (χ1n) is 10.9. The maximum atomic E-state index is 13.9. The predicted octanol–water partition coefficient (Wildman–Crippen LogP) is 4.26. The second-order valence-corrected chi connectivity index (χ2v) is 9.66. The van der Waals surface area contributed by atoms with E-state index < -0.39 is 23.7 Å². The van der Waals surface area contributed by atoms with Crippen LogP contribution in [0.15, 0.2) is 24.3 Å². The quantitative estimate of drug-likeness (QED) is 0.797. The molecule has 3 saturated carbocycles. The van der Waals surface area contributed by atoms with Crippen LogP contribution in [0.1, 0.15) is 74.2 Å². The van der Waals surface area contributed by atoms with Gasteiger partial charge in [0, 0.05) is 17.6 Å². The molecule has 1 heterocycles. The summed E-state index contributed by atoms with van der Waals surface area (Å²) in [6.45, 7) is 0.835. The summed E-state index contributed by atoms with van der Waals surface area (Å²) in [4.78, 5) is 15.3. The smallest absolute Gasteiger partial charge is 0.303 e. The maximum absolute atomic E-state index is 13.9. The van der Waals surface area contributed by atoms with Crippen molar-refractivity contribution in [3.05, 3.63) is 35.4 Å². The van der Waals surface area contributed by atoms with Crippen LogP contribution in [0.3, 0.4) is 0 Å². The van der Waals surface area contributed by atoms with Crippen LogP contribution in [-0.2, 0) is 10.3 Å². The van der Waals surface area contributed by atoms with E-state index in [9.17, 15) is 18.7 Å². The minimum absolute atomic E-state index is 0.0210. The highest BCUT2D eigenvalue weighted by atomic mass is 19.3. The molecule has 1 N–H and O–H groups in total. The molecular formula is C23H29F2NO3. The number of nitrogens with zero attached hydrogens (tertiary/aromatic N) is 1. The van der Waals surface area contributed by atoms with Gasteiger partial charge in [-0.15, -0.1) is 0 Å². The van der Waals surface area contributed by atoms with E-state index in [0.717, 1.165) is 51.4 Å². The van der Waals surface area contributed by atoms with Crippen LogP contribution in [0.5, 0.6) is 0 Å². The Morgan fingerprint density at radius 2 is 1.62 bits per heavy atom. The number of aliphatic hydroxyl groups is 1. The van der Waals surface area contributed by atoms with Crippen molar-refractivity contribution >= 4 is 5.91 Å². The van der Waals surface area contributed by atoms with Gasteiger partial charge in [0.1, 0.15) is 6.61 Å². The van der Waals surface area contributed by atoms with Gasteiger partial charge < -0.3 is 14.7 Å². The Morgan fingerprint density at radius 1 is 1.03 bits per heavy atom. The number of hydrogen-bond donors (Lipinski definition) is 1. The highest BCUT2D eigenvalue weighted by Gasteiger charge is 2.61.